The van der Waals surface area contributed by atoms with Gasteiger partial charge in [-0.3, -0.25) is 0 Å². The van der Waals surface area contributed by atoms with E-state index in [9.17, 15) is 28.5 Å². The summed E-state index contributed by atoms with van der Waals surface area (Å²) in [5.41, 5.74) is -0.164. The molecule has 1 aliphatic heterocycles. The molecule has 34 heavy (non-hydrogen) atoms. The fourth-order valence-corrected chi connectivity index (χ4v) is 5.02. The van der Waals surface area contributed by atoms with Gasteiger partial charge in [-0.1, -0.05) is 34.5 Å². The molecule has 0 spiro atoms. The number of aromatic nitrogens is 3. The number of hydrogen-bond donors (Lipinski definition) is 3. The first kappa shape index (κ1) is 25.2. The molecule has 0 bridgehead atoms. The van der Waals surface area contributed by atoms with Crippen molar-refractivity contribution in [3.8, 4) is 11.3 Å². The fraction of sp³-hybridized carbons (Fsp3) is 0.333. The second kappa shape index (κ2) is 10.4. The third-order valence-corrected chi connectivity index (χ3v) is 7.30. The summed E-state index contributed by atoms with van der Waals surface area (Å²) in [6.07, 6.45) is -2.48. The first-order valence-electron chi connectivity index (χ1n) is 9.94. The Morgan fingerprint density at radius 1 is 1.03 bits per heavy atom. The quantitative estimate of drug-likeness (QED) is 0.414. The Bertz CT molecular complexity index is 1160. The van der Waals surface area contributed by atoms with Crippen molar-refractivity contribution in [3.05, 3.63) is 69.6 Å². The number of hydrogen-bond acceptors (Lipinski definition) is 7. The van der Waals surface area contributed by atoms with Crippen LogP contribution in [0.4, 0.5) is 13.2 Å². The molecule has 3 N–H and O–H groups in total. The molecular formula is C21H18Cl2F3N3O4S. The van der Waals surface area contributed by atoms with Crippen LogP contribution in [0, 0.1) is 17.5 Å². The highest BCUT2D eigenvalue weighted by Gasteiger charge is 2.46. The number of aliphatic hydroxyl groups excluding tert-OH is 3. The van der Waals surface area contributed by atoms with E-state index in [4.69, 9.17) is 27.9 Å². The Kier molecular flexibility index (Phi) is 7.72. The van der Waals surface area contributed by atoms with Crippen LogP contribution in [0.15, 0.2) is 36.5 Å². The monoisotopic (exact) mass is 535 g/mol. The largest absolute Gasteiger partial charge is 0.394 e. The number of nitrogens with zero attached hydrogens (tertiary/aromatic N) is 3. The van der Waals surface area contributed by atoms with Crippen molar-refractivity contribution in [1.29, 1.82) is 0 Å². The maximum Gasteiger partial charge on any atom is 0.194 e. The normalized spacial score (nSPS) is 25.0. The van der Waals surface area contributed by atoms with E-state index >= 15 is 0 Å². The van der Waals surface area contributed by atoms with Gasteiger partial charge >= 0.3 is 0 Å². The fourth-order valence-electron chi connectivity index (χ4n) is 3.58. The van der Waals surface area contributed by atoms with Crippen molar-refractivity contribution >= 4 is 35.0 Å². The van der Waals surface area contributed by atoms with Crippen molar-refractivity contribution in [2.45, 2.75) is 35.5 Å². The van der Waals surface area contributed by atoms with Crippen molar-refractivity contribution in [3.63, 3.8) is 0 Å². The van der Waals surface area contributed by atoms with Crippen LogP contribution in [0.5, 0.6) is 0 Å². The van der Waals surface area contributed by atoms with Gasteiger partial charge in [-0.05, 0) is 29.8 Å². The second-order valence-electron chi connectivity index (χ2n) is 7.59. The van der Waals surface area contributed by atoms with Gasteiger partial charge in [-0.2, -0.15) is 0 Å². The van der Waals surface area contributed by atoms with Gasteiger partial charge in [0.1, 0.15) is 35.5 Å². The van der Waals surface area contributed by atoms with Crippen LogP contribution in [0.1, 0.15) is 11.6 Å². The minimum atomic E-state index is -1.61. The van der Waals surface area contributed by atoms with Gasteiger partial charge in [0.05, 0.1) is 22.8 Å². The third-order valence-electron chi connectivity index (χ3n) is 5.34. The van der Waals surface area contributed by atoms with Gasteiger partial charge in [-0.25, -0.2) is 17.9 Å². The number of thioether (sulfide) groups is 1. The van der Waals surface area contributed by atoms with Crippen molar-refractivity contribution in [2.75, 3.05) is 6.61 Å². The van der Waals surface area contributed by atoms with Crippen molar-refractivity contribution < 1.29 is 33.2 Å². The van der Waals surface area contributed by atoms with E-state index in [1.54, 1.807) is 18.2 Å². The smallest absolute Gasteiger partial charge is 0.194 e. The van der Waals surface area contributed by atoms with Gasteiger partial charge in [-0.15, -0.1) is 16.9 Å². The zero-order chi connectivity index (χ0) is 24.6. The van der Waals surface area contributed by atoms with Crippen LogP contribution < -0.4 is 0 Å². The molecular weight excluding hydrogens is 518 g/mol. The maximum absolute atomic E-state index is 13.6. The molecule has 1 aliphatic rings. The first-order chi connectivity index (χ1) is 16.2. The van der Waals surface area contributed by atoms with Crippen LogP contribution in [0.3, 0.4) is 0 Å². The van der Waals surface area contributed by atoms with Gasteiger partial charge < -0.3 is 20.1 Å². The molecule has 0 aliphatic carbocycles. The Hall–Kier alpha value is -1.86. The minimum Gasteiger partial charge on any atom is -0.394 e. The molecule has 1 saturated heterocycles. The average Bonchev–Trinajstić information content (AvgIpc) is 3.29. The lowest BCUT2D eigenvalue weighted by molar-refractivity contribution is -0.178. The maximum atomic E-state index is 13.6. The van der Waals surface area contributed by atoms with Gasteiger partial charge in [0, 0.05) is 11.3 Å². The molecule has 2 heterocycles. The predicted octanol–water partition coefficient (Wildman–Crippen LogP) is 3.58. The summed E-state index contributed by atoms with van der Waals surface area (Å²) in [4.78, 5) is 0. The summed E-state index contributed by atoms with van der Waals surface area (Å²) in [6.45, 7) is -0.538. The van der Waals surface area contributed by atoms with Crippen molar-refractivity contribution in [2.24, 2.45) is 0 Å². The molecule has 3 aromatic rings. The number of rotatable bonds is 6. The molecule has 182 valence electrons. The van der Waals surface area contributed by atoms with E-state index in [0.717, 1.165) is 22.4 Å². The molecule has 7 nitrogen and oxygen atoms in total. The Morgan fingerprint density at radius 2 is 1.74 bits per heavy atom. The highest BCUT2D eigenvalue weighted by atomic mass is 35.5. The second-order valence-corrected chi connectivity index (χ2v) is 9.50. The molecule has 1 fully saturated rings. The lowest BCUT2D eigenvalue weighted by atomic mass is 9.97. The van der Waals surface area contributed by atoms with Crippen LogP contribution in [0.25, 0.3) is 11.3 Å². The number of ether oxygens (including phenoxy) is 1. The summed E-state index contributed by atoms with van der Waals surface area (Å²) < 4.78 is 47.3. The predicted molar refractivity (Wildman–Crippen MR) is 120 cm³/mol. The summed E-state index contributed by atoms with van der Waals surface area (Å²) in [7, 11) is 0. The summed E-state index contributed by atoms with van der Waals surface area (Å²) >= 11 is 13.2. The highest BCUT2D eigenvalue weighted by molar-refractivity contribution is 7.99. The van der Waals surface area contributed by atoms with Gasteiger partial charge in [0.2, 0.25) is 0 Å². The number of benzene rings is 2. The molecule has 1 aromatic heterocycles. The molecule has 4 rings (SSSR count). The zero-order valence-electron chi connectivity index (χ0n) is 17.2. The minimum absolute atomic E-state index is 0.00995. The van der Waals surface area contributed by atoms with Crippen LogP contribution >= 0.6 is 35.0 Å². The SMILES string of the molecule is OCC1OC(SCc2ccc(Cl)c(Cl)c2)C(O)C(n2cc(-c3cc(F)c(F)c(F)c3)nn2)C1O. The Labute approximate surface area is 206 Å². The van der Waals surface area contributed by atoms with Gasteiger partial charge in [0.15, 0.2) is 17.5 Å². The van der Waals surface area contributed by atoms with Crippen LogP contribution in [-0.2, 0) is 10.5 Å². The zero-order valence-corrected chi connectivity index (χ0v) is 19.5. The number of halogens is 5. The van der Waals surface area contributed by atoms with E-state index in [1.165, 1.54) is 18.0 Å². The molecule has 13 heteroatoms. The van der Waals surface area contributed by atoms with E-state index in [0.29, 0.717) is 15.8 Å². The Morgan fingerprint density at radius 3 is 2.38 bits per heavy atom. The topological polar surface area (TPSA) is 101 Å². The lowest BCUT2D eigenvalue weighted by Gasteiger charge is -2.41. The standard InChI is InChI=1S/C21H18Cl2F3N3O4S/c22-11-2-1-9(3-12(11)23)8-34-21-20(32)18(19(31)16(7-30)33-21)29-6-15(27-28-29)10-4-13(24)17(26)14(25)5-10/h1-6,16,18-21,30-32H,7-8H2. The number of aliphatic hydroxyl groups is 3. The summed E-state index contributed by atoms with van der Waals surface area (Å²) in [6, 6.07) is 5.49. The van der Waals surface area contributed by atoms with E-state index in [-0.39, 0.29) is 11.3 Å². The van der Waals surface area contributed by atoms with E-state index in [2.05, 4.69) is 10.3 Å². The lowest BCUT2D eigenvalue weighted by Crippen LogP contribution is -2.55. The first-order valence-corrected chi connectivity index (χ1v) is 11.7. The summed E-state index contributed by atoms with van der Waals surface area (Å²) in [5.74, 6) is -4.03. The molecule has 2 aromatic carbocycles. The summed E-state index contributed by atoms with van der Waals surface area (Å²) in [5, 5.41) is 39.8. The molecule has 5 atom stereocenters. The molecule has 0 amide bonds. The van der Waals surface area contributed by atoms with E-state index < -0.39 is 53.8 Å². The molecule has 0 saturated carbocycles. The van der Waals surface area contributed by atoms with Crippen LogP contribution in [0.2, 0.25) is 10.0 Å². The highest BCUT2D eigenvalue weighted by Crippen LogP contribution is 2.37. The average molecular weight is 536 g/mol. The Balaban J connectivity index is 1.57. The third kappa shape index (κ3) is 5.06. The van der Waals surface area contributed by atoms with Crippen molar-refractivity contribution in [1.82, 2.24) is 15.0 Å². The molecule has 5 unspecified atom stereocenters. The van der Waals surface area contributed by atoms with E-state index in [1.807, 2.05) is 0 Å². The molecule has 0 radical (unpaired) electrons. The van der Waals surface area contributed by atoms with Gasteiger partial charge in [0.25, 0.3) is 0 Å². The van der Waals surface area contributed by atoms with Crippen LogP contribution in [-0.4, -0.2) is 60.7 Å².